The lowest BCUT2D eigenvalue weighted by molar-refractivity contribution is 1.63. The molecule has 10 aromatic carbocycles. The molecule has 0 fully saturated rings. The van der Waals surface area contributed by atoms with Gasteiger partial charge < -0.3 is 0 Å². The van der Waals surface area contributed by atoms with E-state index in [0.29, 0.717) is 0 Å². The largest absolute Gasteiger partial charge is 0.0622 e. The molecular formula is C50H32. The van der Waals surface area contributed by atoms with Crippen LogP contribution in [0.15, 0.2) is 194 Å². The highest BCUT2D eigenvalue weighted by Crippen LogP contribution is 2.45. The predicted octanol–water partition coefficient (Wildman–Crippen LogP) is 14.1. The molecule has 232 valence electrons. The van der Waals surface area contributed by atoms with E-state index in [4.69, 9.17) is 0 Å². The Kier molecular flexibility index (Phi) is 6.60. The molecule has 10 rings (SSSR count). The van der Waals surface area contributed by atoms with Crippen LogP contribution in [-0.4, -0.2) is 0 Å². The number of hydrogen-bond acceptors (Lipinski definition) is 0. The van der Waals surface area contributed by atoms with Crippen LogP contribution in [-0.2, 0) is 0 Å². The fourth-order valence-corrected chi connectivity index (χ4v) is 8.07. The lowest BCUT2D eigenvalue weighted by atomic mass is 9.85. The maximum atomic E-state index is 2.36. The first-order valence-corrected chi connectivity index (χ1v) is 17.3. The van der Waals surface area contributed by atoms with Gasteiger partial charge in [-0.15, -0.1) is 0 Å². The second-order valence-corrected chi connectivity index (χ2v) is 13.3. The third kappa shape index (κ3) is 4.61. The lowest BCUT2D eigenvalue weighted by Crippen LogP contribution is -1.91. The van der Waals surface area contributed by atoms with Gasteiger partial charge in [0.1, 0.15) is 0 Å². The van der Waals surface area contributed by atoms with Gasteiger partial charge >= 0.3 is 0 Å². The molecule has 0 amide bonds. The minimum atomic E-state index is 1.23. The van der Waals surface area contributed by atoms with Crippen molar-refractivity contribution in [2.24, 2.45) is 0 Å². The molecule has 0 radical (unpaired) electrons. The second-order valence-electron chi connectivity index (χ2n) is 13.3. The molecule has 0 nitrogen and oxygen atoms in total. The van der Waals surface area contributed by atoms with Crippen LogP contribution in [0.4, 0.5) is 0 Å². The molecule has 0 unspecified atom stereocenters. The van der Waals surface area contributed by atoms with Gasteiger partial charge in [0.2, 0.25) is 0 Å². The normalized spacial score (nSPS) is 11.6. The Morgan fingerprint density at radius 1 is 0.200 bits per heavy atom. The highest BCUT2D eigenvalue weighted by atomic mass is 14.2. The minimum absolute atomic E-state index is 1.23. The van der Waals surface area contributed by atoms with Gasteiger partial charge in [-0.25, -0.2) is 0 Å². The van der Waals surface area contributed by atoms with Crippen LogP contribution in [0.1, 0.15) is 0 Å². The highest BCUT2D eigenvalue weighted by Gasteiger charge is 2.17. The van der Waals surface area contributed by atoms with Gasteiger partial charge in [-0.1, -0.05) is 176 Å². The molecule has 0 aliphatic carbocycles. The summed E-state index contributed by atoms with van der Waals surface area (Å²) in [5, 5.41) is 12.7. The topological polar surface area (TPSA) is 0 Å². The van der Waals surface area contributed by atoms with Gasteiger partial charge in [0.05, 0.1) is 0 Å². The predicted molar refractivity (Wildman–Crippen MR) is 216 cm³/mol. The summed E-state index contributed by atoms with van der Waals surface area (Å²) in [5.41, 5.74) is 10.0. The fraction of sp³-hybridized carbons (Fsp3) is 0. The van der Waals surface area contributed by atoms with Gasteiger partial charge in [-0.2, -0.15) is 0 Å². The van der Waals surface area contributed by atoms with Crippen molar-refractivity contribution in [1.82, 2.24) is 0 Å². The van der Waals surface area contributed by atoms with Crippen LogP contribution in [0, 0.1) is 0 Å². The second kappa shape index (κ2) is 11.6. The molecule has 0 heterocycles. The summed E-state index contributed by atoms with van der Waals surface area (Å²) in [6.07, 6.45) is 0. The standard InChI is InChI=1S/C50H32/c1-2-12-33(13-3-1)36-26-27-38-31-40(29-28-37(38)30-36)50-46-20-10-8-18-44(46)49(45-19-9-11-21-47(45)50)35-24-22-34(23-25-35)48-32-39-14-4-5-15-41(39)42-16-6-7-17-43(42)48/h1-32H. The minimum Gasteiger partial charge on any atom is -0.0622 e. The Hall–Kier alpha value is -6.50. The van der Waals surface area contributed by atoms with Crippen molar-refractivity contribution in [2.45, 2.75) is 0 Å². The first-order chi connectivity index (χ1) is 24.8. The van der Waals surface area contributed by atoms with Gasteiger partial charge in [0.25, 0.3) is 0 Å². The van der Waals surface area contributed by atoms with E-state index in [1.54, 1.807) is 0 Å². The van der Waals surface area contributed by atoms with Crippen LogP contribution in [0.3, 0.4) is 0 Å². The summed E-state index contributed by atoms with van der Waals surface area (Å²) < 4.78 is 0. The van der Waals surface area contributed by atoms with Gasteiger partial charge in [-0.3, -0.25) is 0 Å². The smallest absolute Gasteiger partial charge is 0.00262 e. The average molecular weight is 633 g/mol. The Balaban J connectivity index is 1.13. The van der Waals surface area contributed by atoms with Gasteiger partial charge in [0.15, 0.2) is 0 Å². The Bertz CT molecular complexity index is 2840. The van der Waals surface area contributed by atoms with Crippen LogP contribution in [0.5, 0.6) is 0 Å². The van der Waals surface area contributed by atoms with Crippen molar-refractivity contribution in [2.75, 3.05) is 0 Å². The first-order valence-electron chi connectivity index (χ1n) is 17.3. The monoisotopic (exact) mass is 632 g/mol. The van der Waals surface area contributed by atoms with Crippen LogP contribution in [0.2, 0.25) is 0 Å². The molecule has 0 spiro atoms. The van der Waals surface area contributed by atoms with Crippen molar-refractivity contribution in [3.8, 4) is 44.5 Å². The summed E-state index contributed by atoms with van der Waals surface area (Å²) in [6, 6.07) is 71.3. The van der Waals surface area contributed by atoms with Crippen molar-refractivity contribution in [3.63, 3.8) is 0 Å². The lowest BCUT2D eigenvalue weighted by Gasteiger charge is -2.18. The molecule has 10 aromatic rings. The molecule has 0 aromatic heterocycles. The van der Waals surface area contributed by atoms with Crippen molar-refractivity contribution < 1.29 is 0 Å². The highest BCUT2D eigenvalue weighted by molar-refractivity contribution is 6.22. The maximum Gasteiger partial charge on any atom is -0.00262 e. The maximum absolute atomic E-state index is 2.36. The van der Waals surface area contributed by atoms with Crippen molar-refractivity contribution >= 4 is 53.9 Å². The van der Waals surface area contributed by atoms with E-state index in [1.807, 2.05) is 0 Å². The fourth-order valence-electron chi connectivity index (χ4n) is 8.07. The molecule has 0 saturated heterocycles. The molecule has 0 atom stereocenters. The average Bonchev–Trinajstić information content (AvgIpc) is 3.19. The summed E-state index contributed by atoms with van der Waals surface area (Å²) in [4.78, 5) is 0. The van der Waals surface area contributed by atoms with Crippen molar-refractivity contribution in [3.05, 3.63) is 194 Å². The van der Waals surface area contributed by atoms with E-state index in [1.165, 1.54) is 98.4 Å². The summed E-state index contributed by atoms with van der Waals surface area (Å²) in [7, 11) is 0. The van der Waals surface area contributed by atoms with Crippen molar-refractivity contribution in [1.29, 1.82) is 0 Å². The van der Waals surface area contributed by atoms with E-state index in [0.717, 1.165) is 0 Å². The zero-order valence-corrected chi connectivity index (χ0v) is 27.5. The summed E-state index contributed by atoms with van der Waals surface area (Å²) in [5.74, 6) is 0. The van der Waals surface area contributed by atoms with Crippen LogP contribution >= 0.6 is 0 Å². The van der Waals surface area contributed by atoms with Gasteiger partial charge in [0, 0.05) is 0 Å². The zero-order valence-electron chi connectivity index (χ0n) is 27.5. The summed E-state index contributed by atoms with van der Waals surface area (Å²) in [6.45, 7) is 0. The van der Waals surface area contributed by atoms with Crippen LogP contribution in [0.25, 0.3) is 98.4 Å². The Labute approximate surface area is 291 Å². The molecule has 50 heavy (non-hydrogen) atoms. The first kappa shape index (κ1) is 28.5. The number of fused-ring (bicyclic) bond motifs is 6. The van der Waals surface area contributed by atoms with E-state index in [2.05, 4.69) is 194 Å². The number of rotatable bonds is 4. The summed E-state index contributed by atoms with van der Waals surface area (Å²) >= 11 is 0. The quantitative estimate of drug-likeness (QED) is 0.134. The molecule has 0 aliphatic rings. The number of benzene rings is 10. The molecular weight excluding hydrogens is 601 g/mol. The molecule has 0 saturated carbocycles. The van der Waals surface area contributed by atoms with E-state index in [9.17, 15) is 0 Å². The number of hydrogen-bond donors (Lipinski definition) is 0. The SMILES string of the molecule is c1ccc(-c2ccc3cc(-c4c5ccccc5c(-c5ccc(-c6cc7ccccc7c7ccccc67)cc5)c5ccccc45)ccc3c2)cc1. The Morgan fingerprint density at radius 3 is 1.28 bits per heavy atom. The molecule has 0 heteroatoms. The van der Waals surface area contributed by atoms with Gasteiger partial charge in [-0.05, 0) is 117 Å². The van der Waals surface area contributed by atoms with E-state index in [-0.39, 0.29) is 0 Å². The Morgan fingerprint density at radius 2 is 0.640 bits per heavy atom. The molecule has 0 N–H and O–H groups in total. The van der Waals surface area contributed by atoms with E-state index >= 15 is 0 Å². The van der Waals surface area contributed by atoms with Crippen LogP contribution < -0.4 is 0 Å². The molecule has 0 bridgehead atoms. The van der Waals surface area contributed by atoms with E-state index < -0.39 is 0 Å². The third-order valence-corrected chi connectivity index (χ3v) is 10.4. The zero-order chi connectivity index (χ0) is 33.0. The molecule has 0 aliphatic heterocycles. The third-order valence-electron chi connectivity index (χ3n) is 10.4.